The van der Waals surface area contributed by atoms with Gasteiger partial charge in [-0.1, -0.05) is 32.9 Å². The maximum absolute atomic E-state index is 13.2. The summed E-state index contributed by atoms with van der Waals surface area (Å²) in [5, 5.41) is 0. The molecule has 0 bridgehead atoms. The first kappa shape index (κ1) is 15.9. The summed E-state index contributed by atoms with van der Waals surface area (Å²) in [5.74, 6) is 0.209. The van der Waals surface area contributed by atoms with Crippen molar-refractivity contribution in [3.05, 3.63) is 24.3 Å². The van der Waals surface area contributed by atoms with Crippen molar-refractivity contribution < 1.29 is 4.79 Å². The Morgan fingerprint density at radius 1 is 1.00 bits per heavy atom. The Labute approximate surface area is 128 Å². The van der Waals surface area contributed by atoms with Crippen molar-refractivity contribution in [2.45, 2.75) is 47.1 Å². The molecule has 0 fully saturated rings. The van der Waals surface area contributed by atoms with Gasteiger partial charge in [0, 0.05) is 19.1 Å². The lowest BCUT2D eigenvalue weighted by molar-refractivity contribution is -0.126. The molecule has 3 heteroatoms. The lowest BCUT2D eigenvalue weighted by Gasteiger charge is -2.39. The molecule has 0 spiro atoms. The van der Waals surface area contributed by atoms with Gasteiger partial charge in [-0.15, -0.1) is 0 Å². The van der Waals surface area contributed by atoms with Crippen molar-refractivity contribution in [1.29, 1.82) is 0 Å². The number of anilines is 2. The normalized spacial score (nSPS) is 20.3. The van der Waals surface area contributed by atoms with E-state index in [2.05, 4.69) is 65.6 Å². The average Bonchev–Trinajstić information content (AvgIpc) is 2.43. The van der Waals surface area contributed by atoms with E-state index >= 15 is 0 Å². The summed E-state index contributed by atoms with van der Waals surface area (Å²) < 4.78 is 0. The summed E-state index contributed by atoms with van der Waals surface area (Å²) in [6.07, 6.45) is 0. The van der Waals surface area contributed by atoms with E-state index in [0.29, 0.717) is 0 Å². The zero-order valence-electron chi connectivity index (χ0n) is 14.4. The maximum Gasteiger partial charge on any atom is 0.232 e. The molecule has 1 heterocycles. The molecule has 1 aromatic rings. The molecule has 2 rings (SSSR count). The highest BCUT2D eigenvalue weighted by Crippen LogP contribution is 2.41. The summed E-state index contributed by atoms with van der Waals surface area (Å²) >= 11 is 0. The number of rotatable bonds is 0. The number of para-hydroxylation sites is 2. The summed E-state index contributed by atoms with van der Waals surface area (Å²) in [7, 11) is 2.08. The van der Waals surface area contributed by atoms with Crippen LogP contribution in [0.5, 0.6) is 0 Å². The van der Waals surface area contributed by atoms with Crippen LogP contribution in [0.15, 0.2) is 24.3 Å². The molecule has 3 nitrogen and oxygen atoms in total. The van der Waals surface area contributed by atoms with E-state index < -0.39 is 0 Å². The fourth-order valence-electron chi connectivity index (χ4n) is 3.04. The van der Waals surface area contributed by atoms with E-state index in [-0.39, 0.29) is 22.8 Å². The second-order valence-corrected chi connectivity index (χ2v) is 8.13. The number of nitrogens with zero attached hydrogens (tertiary/aromatic N) is 2. The van der Waals surface area contributed by atoms with E-state index in [9.17, 15) is 4.79 Å². The molecule has 1 aromatic carbocycles. The minimum Gasteiger partial charge on any atom is -0.372 e. The van der Waals surface area contributed by atoms with Gasteiger partial charge in [-0.25, -0.2) is 0 Å². The van der Waals surface area contributed by atoms with Gasteiger partial charge in [-0.05, 0) is 38.3 Å². The molecule has 0 radical (unpaired) electrons. The Kier molecular flexibility index (Phi) is 3.81. The van der Waals surface area contributed by atoms with E-state index in [1.165, 1.54) is 0 Å². The van der Waals surface area contributed by atoms with Crippen LogP contribution in [0.4, 0.5) is 11.4 Å². The van der Waals surface area contributed by atoms with Crippen LogP contribution in [0.1, 0.15) is 41.5 Å². The van der Waals surface area contributed by atoms with Crippen molar-refractivity contribution in [3.63, 3.8) is 0 Å². The largest absolute Gasteiger partial charge is 0.372 e. The van der Waals surface area contributed by atoms with Gasteiger partial charge in [0.25, 0.3) is 0 Å². The van der Waals surface area contributed by atoms with Crippen LogP contribution in [-0.4, -0.2) is 25.0 Å². The minimum atomic E-state index is -0.234. The van der Waals surface area contributed by atoms with E-state index in [4.69, 9.17) is 0 Å². The molecule has 0 N–H and O–H groups in total. The van der Waals surface area contributed by atoms with Gasteiger partial charge in [0.2, 0.25) is 5.91 Å². The second-order valence-electron chi connectivity index (χ2n) is 8.13. The fraction of sp³-hybridized carbons (Fsp3) is 0.611. The van der Waals surface area contributed by atoms with Gasteiger partial charge in [0.1, 0.15) is 0 Å². The minimum absolute atomic E-state index is 0.0193. The second kappa shape index (κ2) is 5.04. The number of fused-ring (bicyclic) bond motifs is 1. The number of carbonyl (C=O) groups is 1. The van der Waals surface area contributed by atoms with Gasteiger partial charge < -0.3 is 9.80 Å². The van der Waals surface area contributed by atoms with Gasteiger partial charge in [-0.2, -0.15) is 0 Å². The predicted octanol–water partition coefficient (Wildman–Crippen LogP) is 3.93. The zero-order chi connectivity index (χ0) is 16.0. The van der Waals surface area contributed by atoms with Crippen molar-refractivity contribution in [1.82, 2.24) is 0 Å². The predicted molar refractivity (Wildman–Crippen MR) is 89.9 cm³/mol. The molecular weight excluding hydrogens is 260 g/mol. The molecule has 1 amide bonds. The highest BCUT2D eigenvalue weighted by Gasteiger charge is 2.42. The Morgan fingerprint density at radius 3 is 2.00 bits per heavy atom. The SMILES string of the molecule is CN1CC(C(C)(C)C)C(=O)N(C(C)(C)C)c2ccccc21. The Morgan fingerprint density at radius 2 is 1.52 bits per heavy atom. The number of carbonyl (C=O) groups excluding carboxylic acids is 1. The summed E-state index contributed by atoms with van der Waals surface area (Å²) in [4.78, 5) is 17.5. The third kappa shape index (κ3) is 2.92. The highest BCUT2D eigenvalue weighted by atomic mass is 16.2. The number of hydrogen-bond donors (Lipinski definition) is 0. The van der Waals surface area contributed by atoms with Crippen LogP contribution >= 0.6 is 0 Å². The molecule has 0 saturated heterocycles. The number of benzene rings is 1. The van der Waals surface area contributed by atoms with Gasteiger partial charge >= 0.3 is 0 Å². The van der Waals surface area contributed by atoms with Gasteiger partial charge in [-0.3, -0.25) is 4.79 Å². The number of amides is 1. The van der Waals surface area contributed by atoms with Crippen LogP contribution in [0.3, 0.4) is 0 Å². The van der Waals surface area contributed by atoms with Crippen LogP contribution < -0.4 is 9.80 Å². The molecule has 1 aliphatic heterocycles. The first-order valence-electron chi connectivity index (χ1n) is 7.67. The summed E-state index contributed by atoms with van der Waals surface area (Å²) in [6, 6.07) is 8.21. The molecule has 116 valence electrons. The molecule has 1 unspecified atom stereocenters. The first-order valence-corrected chi connectivity index (χ1v) is 7.67. The van der Waals surface area contributed by atoms with Crippen LogP contribution in [0, 0.1) is 11.3 Å². The molecule has 1 aliphatic rings. The van der Waals surface area contributed by atoms with Crippen LogP contribution in [0.2, 0.25) is 0 Å². The molecule has 0 aliphatic carbocycles. The fourth-order valence-corrected chi connectivity index (χ4v) is 3.04. The average molecular weight is 288 g/mol. The lowest BCUT2D eigenvalue weighted by Crippen LogP contribution is -2.51. The molecular formula is C18H28N2O. The zero-order valence-corrected chi connectivity index (χ0v) is 14.4. The van der Waals surface area contributed by atoms with E-state index in [0.717, 1.165) is 17.9 Å². The smallest absolute Gasteiger partial charge is 0.232 e. The maximum atomic E-state index is 13.2. The van der Waals surface area contributed by atoms with Crippen LogP contribution in [-0.2, 0) is 4.79 Å². The topological polar surface area (TPSA) is 23.6 Å². The molecule has 0 saturated carbocycles. The lowest BCUT2D eigenvalue weighted by atomic mass is 9.79. The third-order valence-electron chi connectivity index (χ3n) is 4.23. The molecule has 21 heavy (non-hydrogen) atoms. The first-order chi connectivity index (χ1) is 9.53. The summed E-state index contributed by atoms with van der Waals surface area (Å²) in [5.41, 5.74) is 1.86. The van der Waals surface area contributed by atoms with E-state index in [1.807, 2.05) is 17.0 Å². The highest BCUT2D eigenvalue weighted by molar-refractivity contribution is 6.01. The quantitative estimate of drug-likeness (QED) is 0.722. The van der Waals surface area contributed by atoms with Gasteiger partial charge in [0.15, 0.2) is 0 Å². The van der Waals surface area contributed by atoms with Crippen molar-refractivity contribution >= 4 is 17.3 Å². The Hall–Kier alpha value is -1.51. The number of hydrogen-bond acceptors (Lipinski definition) is 2. The summed E-state index contributed by atoms with van der Waals surface area (Å²) in [6.45, 7) is 13.5. The van der Waals surface area contributed by atoms with Crippen LogP contribution in [0.25, 0.3) is 0 Å². The van der Waals surface area contributed by atoms with E-state index in [1.54, 1.807) is 0 Å². The van der Waals surface area contributed by atoms with Crippen molar-refractivity contribution in [3.8, 4) is 0 Å². The Balaban J connectivity index is 2.63. The molecule has 1 atom stereocenters. The molecule has 0 aromatic heterocycles. The third-order valence-corrected chi connectivity index (χ3v) is 4.23. The Bertz CT molecular complexity index is 537. The monoisotopic (exact) mass is 288 g/mol. The van der Waals surface area contributed by atoms with Crippen molar-refractivity contribution in [2.24, 2.45) is 11.3 Å². The van der Waals surface area contributed by atoms with Crippen molar-refractivity contribution in [2.75, 3.05) is 23.4 Å². The standard InChI is InChI=1S/C18H28N2O/c1-17(2,3)13-12-19(7)14-10-8-9-11-15(14)20(16(13)21)18(4,5)6/h8-11,13H,12H2,1-7H3. The van der Waals surface area contributed by atoms with Gasteiger partial charge in [0.05, 0.1) is 17.3 Å².